The zero-order chi connectivity index (χ0) is 14.1. The lowest BCUT2D eigenvalue weighted by Gasteiger charge is -2.31. The molecule has 3 rings (SSSR count). The van der Waals surface area contributed by atoms with E-state index in [4.69, 9.17) is 11.6 Å². The van der Waals surface area contributed by atoms with E-state index in [9.17, 15) is 4.79 Å². The molecule has 4 nitrogen and oxygen atoms in total. The van der Waals surface area contributed by atoms with Gasteiger partial charge in [0.1, 0.15) is 0 Å². The number of fused-ring (bicyclic) bond motifs is 1. The van der Waals surface area contributed by atoms with Crippen molar-refractivity contribution in [3.8, 4) is 0 Å². The molecule has 5 heteroatoms. The van der Waals surface area contributed by atoms with E-state index < -0.39 is 0 Å². The summed E-state index contributed by atoms with van der Waals surface area (Å²) in [6.07, 6.45) is 1.71. The third-order valence-corrected chi connectivity index (χ3v) is 4.08. The predicted octanol–water partition coefficient (Wildman–Crippen LogP) is 2.68. The van der Waals surface area contributed by atoms with Gasteiger partial charge < -0.3 is 10.6 Å². The van der Waals surface area contributed by atoms with Gasteiger partial charge in [-0.3, -0.25) is 9.78 Å². The van der Waals surface area contributed by atoms with Gasteiger partial charge in [0.15, 0.2) is 0 Å². The predicted molar refractivity (Wildman–Crippen MR) is 80.9 cm³/mol. The van der Waals surface area contributed by atoms with Crippen molar-refractivity contribution < 1.29 is 4.79 Å². The Labute approximate surface area is 122 Å². The second-order valence-electron chi connectivity index (χ2n) is 5.22. The lowest BCUT2D eigenvalue weighted by atomic mass is 9.88. The minimum Gasteiger partial charge on any atom is -0.324 e. The summed E-state index contributed by atoms with van der Waals surface area (Å²) in [6.45, 7) is 3.77. The largest absolute Gasteiger partial charge is 0.324 e. The number of anilines is 1. The van der Waals surface area contributed by atoms with E-state index in [0.717, 1.165) is 24.0 Å². The number of hydrogen-bond donors (Lipinski definition) is 2. The van der Waals surface area contributed by atoms with Crippen LogP contribution in [0.1, 0.15) is 6.92 Å². The van der Waals surface area contributed by atoms with Gasteiger partial charge in [-0.05, 0) is 37.2 Å². The first kappa shape index (κ1) is 13.3. The molecule has 2 N–H and O–H groups in total. The van der Waals surface area contributed by atoms with Crippen molar-refractivity contribution >= 4 is 34.1 Å². The summed E-state index contributed by atoms with van der Waals surface area (Å²) in [6, 6.07) is 7.38. The first-order valence-corrected chi connectivity index (χ1v) is 7.09. The van der Waals surface area contributed by atoms with Crippen LogP contribution in [0.15, 0.2) is 30.5 Å². The fourth-order valence-corrected chi connectivity index (χ4v) is 2.60. The van der Waals surface area contributed by atoms with Crippen LogP contribution in [0, 0.1) is 11.8 Å². The molecule has 20 heavy (non-hydrogen) atoms. The zero-order valence-electron chi connectivity index (χ0n) is 11.2. The molecule has 1 saturated heterocycles. The Morgan fingerprint density at radius 2 is 2.30 bits per heavy atom. The van der Waals surface area contributed by atoms with Gasteiger partial charge in [-0.1, -0.05) is 24.6 Å². The van der Waals surface area contributed by atoms with E-state index in [0.29, 0.717) is 16.6 Å². The molecule has 104 valence electrons. The van der Waals surface area contributed by atoms with Crippen LogP contribution < -0.4 is 10.6 Å². The molecule has 1 aliphatic rings. The SMILES string of the molecule is CC(C(=O)Nc1cc(Cl)cc2cccnc12)C1CNC1. The molecule has 1 amide bonds. The number of aromatic nitrogens is 1. The van der Waals surface area contributed by atoms with Gasteiger partial charge in [0.25, 0.3) is 0 Å². The second kappa shape index (κ2) is 5.38. The van der Waals surface area contributed by atoms with Crippen LogP contribution in [0.3, 0.4) is 0 Å². The molecular weight excluding hydrogens is 274 g/mol. The monoisotopic (exact) mass is 289 g/mol. The number of nitrogens with zero attached hydrogens (tertiary/aromatic N) is 1. The molecule has 0 radical (unpaired) electrons. The summed E-state index contributed by atoms with van der Waals surface area (Å²) >= 11 is 6.10. The maximum atomic E-state index is 12.3. The fourth-order valence-electron chi connectivity index (χ4n) is 2.38. The maximum absolute atomic E-state index is 12.3. The van der Waals surface area contributed by atoms with E-state index in [1.54, 1.807) is 12.3 Å². The molecule has 1 aromatic carbocycles. The average Bonchev–Trinajstić information content (AvgIpc) is 2.36. The van der Waals surface area contributed by atoms with Crippen LogP contribution in [-0.2, 0) is 4.79 Å². The van der Waals surface area contributed by atoms with E-state index in [1.165, 1.54) is 0 Å². The van der Waals surface area contributed by atoms with Crippen molar-refractivity contribution in [2.75, 3.05) is 18.4 Å². The highest BCUT2D eigenvalue weighted by Gasteiger charge is 2.28. The summed E-state index contributed by atoms with van der Waals surface area (Å²) in [4.78, 5) is 16.6. The third kappa shape index (κ3) is 2.49. The summed E-state index contributed by atoms with van der Waals surface area (Å²) in [5.41, 5.74) is 1.45. The Morgan fingerprint density at radius 1 is 1.50 bits per heavy atom. The van der Waals surface area contributed by atoms with Crippen molar-refractivity contribution in [2.24, 2.45) is 11.8 Å². The number of rotatable bonds is 3. The zero-order valence-corrected chi connectivity index (χ0v) is 11.9. The number of amides is 1. The smallest absolute Gasteiger partial charge is 0.227 e. The molecule has 1 aromatic heterocycles. The first-order valence-electron chi connectivity index (χ1n) is 6.71. The Balaban J connectivity index is 1.88. The van der Waals surface area contributed by atoms with E-state index in [2.05, 4.69) is 15.6 Å². The van der Waals surface area contributed by atoms with Crippen molar-refractivity contribution in [1.82, 2.24) is 10.3 Å². The van der Waals surface area contributed by atoms with Crippen LogP contribution in [0.2, 0.25) is 5.02 Å². The number of carbonyl (C=O) groups excluding carboxylic acids is 1. The number of halogens is 1. The lowest BCUT2D eigenvalue weighted by molar-refractivity contribution is -0.121. The Hall–Kier alpha value is -1.65. The first-order chi connectivity index (χ1) is 9.65. The van der Waals surface area contributed by atoms with Crippen LogP contribution in [0.5, 0.6) is 0 Å². The Bertz CT molecular complexity index is 655. The minimum atomic E-state index is -0.0195. The van der Waals surface area contributed by atoms with E-state index in [-0.39, 0.29) is 11.8 Å². The fraction of sp³-hybridized carbons (Fsp3) is 0.333. The number of benzene rings is 1. The highest BCUT2D eigenvalue weighted by Crippen LogP contribution is 2.27. The summed E-state index contributed by atoms with van der Waals surface area (Å²) in [5, 5.41) is 7.67. The molecular formula is C15H16ClN3O. The van der Waals surface area contributed by atoms with Gasteiger partial charge in [-0.15, -0.1) is 0 Å². The molecule has 1 aliphatic heterocycles. The molecule has 0 aliphatic carbocycles. The van der Waals surface area contributed by atoms with Crippen molar-refractivity contribution in [3.63, 3.8) is 0 Å². The number of nitrogens with one attached hydrogen (secondary N) is 2. The highest BCUT2D eigenvalue weighted by atomic mass is 35.5. The third-order valence-electron chi connectivity index (χ3n) is 3.86. The lowest BCUT2D eigenvalue weighted by Crippen LogP contribution is -2.48. The normalized spacial score (nSPS) is 16.7. The van der Waals surface area contributed by atoms with Crippen LogP contribution >= 0.6 is 11.6 Å². The maximum Gasteiger partial charge on any atom is 0.227 e. The Morgan fingerprint density at radius 3 is 3.00 bits per heavy atom. The quantitative estimate of drug-likeness (QED) is 0.913. The van der Waals surface area contributed by atoms with Gasteiger partial charge in [0, 0.05) is 22.5 Å². The number of pyridine rings is 1. The van der Waals surface area contributed by atoms with Gasteiger partial charge in [-0.25, -0.2) is 0 Å². The second-order valence-corrected chi connectivity index (χ2v) is 5.66. The van der Waals surface area contributed by atoms with Crippen LogP contribution in [0.4, 0.5) is 5.69 Å². The van der Waals surface area contributed by atoms with Crippen molar-refractivity contribution in [1.29, 1.82) is 0 Å². The van der Waals surface area contributed by atoms with E-state index in [1.807, 2.05) is 25.1 Å². The molecule has 1 unspecified atom stereocenters. The molecule has 0 saturated carbocycles. The number of carbonyl (C=O) groups is 1. The highest BCUT2D eigenvalue weighted by molar-refractivity contribution is 6.32. The summed E-state index contributed by atoms with van der Waals surface area (Å²) in [5.74, 6) is 0.410. The molecule has 1 atom stereocenters. The Kier molecular flexibility index (Phi) is 3.59. The molecule has 2 heterocycles. The molecule has 0 bridgehead atoms. The average molecular weight is 290 g/mol. The summed E-state index contributed by atoms with van der Waals surface area (Å²) < 4.78 is 0. The minimum absolute atomic E-state index is 0.0192. The van der Waals surface area contributed by atoms with Gasteiger partial charge in [-0.2, -0.15) is 0 Å². The van der Waals surface area contributed by atoms with E-state index >= 15 is 0 Å². The van der Waals surface area contributed by atoms with Crippen molar-refractivity contribution in [2.45, 2.75) is 6.92 Å². The standard InChI is InChI=1S/C15H16ClN3O/c1-9(11-7-17-8-11)15(20)19-13-6-12(16)5-10-3-2-4-18-14(10)13/h2-6,9,11,17H,7-8H2,1H3,(H,19,20). The number of hydrogen-bond acceptors (Lipinski definition) is 3. The molecule has 0 spiro atoms. The molecule has 2 aromatic rings. The van der Waals surface area contributed by atoms with Gasteiger partial charge in [0.2, 0.25) is 5.91 Å². The topological polar surface area (TPSA) is 54.0 Å². The van der Waals surface area contributed by atoms with Crippen molar-refractivity contribution in [3.05, 3.63) is 35.5 Å². The van der Waals surface area contributed by atoms with Crippen LogP contribution in [0.25, 0.3) is 10.9 Å². The van der Waals surface area contributed by atoms with Gasteiger partial charge in [0.05, 0.1) is 11.2 Å². The van der Waals surface area contributed by atoms with Crippen LogP contribution in [-0.4, -0.2) is 24.0 Å². The summed E-state index contributed by atoms with van der Waals surface area (Å²) in [7, 11) is 0. The molecule has 1 fully saturated rings. The van der Waals surface area contributed by atoms with Gasteiger partial charge >= 0.3 is 0 Å².